The van der Waals surface area contributed by atoms with Gasteiger partial charge in [0.15, 0.2) is 0 Å². The molecule has 0 aliphatic heterocycles. The van der Waals surface area contributed by atoms with Crippen molar-refractivity contribution >= 4 is 17.7 Å². The molecular formula is C11H14ClN. The minimum atomic E-state index is 0.118. The Morgan fingerprint density at radius 1 is 1.46 bits per heavy atom. The van der Waals surface area contributed by atoms with Crippen LogP contribution in [0.15, 0.2) is 35.4 Å². The fourth-order valence-electron chi connectivity index (χ4n) is 1.10. The van der Waals surface area contributed by atoms with E-state index in [-0.39, 0.29) is 6.04 Å². The third-order valence-corrected chi connectivity index (χ3v) is 1.90. The first-order valence-electron chi connectivity index (χ1n) is 4.35. The van der Waals surface area contributed by atoms with Crippen LogP contribution in [0.5, 0.6) is 0 Å². The maximum Gasteiger partial charge on any atom is 0.0202 e. The molecule has 0 heterocycles. The maximum absolute atomic E-state index is 5.99. The van der Waals surface area contributed by atoms with Gasteiger partial charge in [0.2, 0.25) is 0 Å². The van der Waals surface area contributed by atoms with Crippen LogP contribution in [0.1, 0.15) is 18.9 Å². The molecule has 0 saturated heterocycles. The molecule has 0 radical (unpaired) electrons. The smallest absolute Gasteiger partial charge is 0.0202 e. The lowest BCUT2D eigenvalue weighted by Gasteiger charge is -2.02. The van der Waals surface area contributed by atoms with Gasteiger partial charge in [-0.25, -0.2) is 0 Å². The van der Waals surface area contributed by atoms with Crippen molar-refractivity contribution in [2.45, 2.75) is 19.4 Å². The second kappa shape index (κ2) is 5.05. The third kappa shape index (κ3) is 4.11. The molecule has 2 heteroatoms. The van der Waals surface area contributed by atoms with Gasteiger partial charge in [-0.05, 0) is 25.0 Å². The molecule has 0 saturated carbocycles. The monoisotopic (exact) mass is 195 g/mol. The number of nitrogens with two attached hydrogens (primary N) is 1. The lowest BCUT2D eigenvalue weighted by molar-refractivity contribution is 0.752. The van der Waals surface area contributed by atoms with Crippen LogP contribution in [0.2, 0.25) is 0 Å². The Balaban J connectivity index is 2.66. The second-order valence-corrected chi connectivity index (χ2v) is 3.67. The van der Waals surface area contributed by atoms with Crippen LogP contribution in [-0.2, 0) is 0 Å². The average Bonchev–Trinajstić information content (AvgIpc) is 2.04. The predicted octanol–water partition coefficient (Wildman–Crippen LogP) is 3.00. The summed E-state index contributed by atoms with van der Waals surface area (Å²) in [5.74, 6) is 0. The van der Waals surface area contributed by atoms with Gasteiger partial charge in [-0.3, -0.25) is 0 Å². The van der Waals surface area contributed by atoms with E-state index in [4.69, 9.17) is 17.3 Å². The van der Waals surface area contributed by atoms with Gasteiger partial charge >= 0.3 is 0 Å². The molecule has 0 aliphatic carbocycles. The van der Waals surface area contributed by atoms with E-state index in [0.717, 1.165) is 17.0 Å². The number of halogens is 1. The summed E-state index contributed by atoms with van der Waals surface area (Å²) in [6.07, 6.45) is 2.68. The number of benzene rings is 1. The first-order chi connectivity index (χ1) is 6.18. The summed E-state index contributed by atoms with van der Waals surface area (Å²) in [5, 5.41) is 0.807. The van der Waals surface area contributed by atoms with Gasteiger partial charge in [-0.1, -0.05) is 41.9 Å². The number of hydrogen-bond donors (Lipinski definition) is 1. The minimum absolute atomic E-state index is 0.118. The van der Waals surface area contributed by atoms with Gasteiger partial charge in [0.25, 0.3) is 0 Å². The lowest BCUT2D eigenvalue weighted by atomic mass is 10.1. The van der Waals surface area contributed by atoms with Crippen molar-refractivity contribution in [1.29, 1.82) is 0 Å². The van der Waals surface area contributed by atoms with E-state index in [9.17, 15) is 0 Å². The van der Waals surface area contributed by atoms with E-state index < -0.39 is 0 Å². The molecule has 0 aromatic heterocycles. The first-order valence-corrected chi connectivity index (χ1v) is 4.73. The minimum Gasteiger partial charge on any atom is -0.328 e. The number of hydrogen-bond acceptors (Lipinski definition) is 1. The van der Waals surface area contributed by atoms with Crippen LogP contribution in [-0.4, -0.2) is 6.04 Å². The molecule has 0 amide bonds. The number of rotatable bonds is 3. The highest BCUT2D eigenvalue weighted by molar-refractivity contribution is 6.31. The summed E-state index contributed by atoms with van der Waals surface area (Å²) in [7, 11) is 0. The van der Waals surface area contributed by atoms with Crippen molar-refractivity contribution in [3.63, 3.8) is 0 Å². The fourth-order valence-corrected chi connectivity index (χ4v) is 1.47. The Morgan fingerprint density at radius 2 is 2.08 bits per heavy atom. The molecular weight excluding hydrogens is 182 g/mol. The van der Waals surface area contributed by atoms with E-state index in [2.05, 4.69) is 0 Å². The molecule has 2 N–H and O–H groups in total. The Kier molecular flexibility index (Phi) is 4.00. The van der Waals surface area contributed by atoms with Crippen molar-refractivity contribution in [3.05, 3.63) is 40.9 Å². The molecule has 1 aromatic carbocycles. The average molecular weight is 196 g/mol. The molecule has 1 nitrogen and oxygen atoms in total. The molecule has 0 spiro atoms. The van der Waals surface area contributed by atoms with Crippen LogP contribution in [0.4, 0.5) is 0 Å². The van der Waals surface area contributed by atoms with Gasteiger partial charge < -0.3 is 5.73 Å². The van der Waals surface area contributed by atoms with E-state index in [1.807, 2.05) is 43.3 Å². The molecule has 1 rings (SSSR count). The Labute approximate surface area is 84.2 Å². The summed E-state index contributed by atoms with van der Waals surface area (Å²) in [4.78, 5) is 0. The van der Waals surface area contributed by atoms with E-state index in [1.165, 1.54) is 0 Å². The van der Waals surface area contributed by atoms with Crippen molar-refractivity contribution < 1.29 is 0 Å². The molecule has 0 aliphatic rings. The lowest BCUT2D eigenvalue weighted by Crippen LogP contribution is -2.13. The van der Waals surface area contributed by atoms with Gasteiger partial charge in [-0.2, -0.15) is 0 Å². The molecule has 70 valence electrons. The molecule has 1 unspecified atom stereocenters. The van der Waals surface area contributed by atoms with Gasteiger partial charge in [0, 0.05) is 11.1 Å². The predicted molar refractivity (Wildman–Crippen MR) is 58.5 cm³/mol. The van der Waals surface area contributed by atoms with Crippen molar-refractivity contribution in [3.8, 4) is 0 Å². The quantitative estimate of drug-likeness (QED) is 0.789. The topological polar surface area (TPSA) is 26.0 Å². The second-order valence-electron chi connectivity index (χ2n) is 3.18. The zero-order valence-corrected chi connectivity index (χ0v) is 8.46. The van der Waals surface area contributed by atoms with Crippen molar-refractivity contribution in [1.82, 2.24) is 0 Å². The van der Waals surface area contributed by atoms with Gasteiger partial charge in [0.05, 0.1) is 0 Å². The van der Waals surface area contributed by atoms with Crippen LogP contribution in [0, 0.1) is 0 Å². The highest BCUT2D eigenvalue weighted by atomic mass is 35.5. The maximum atomic E-state index is 5.99. The van der Waals surface area contributed by atoms with E-state index >= 15 is 0 Å². The normalized spacial score (nSPS) is 14.2. The summed E-state index contributed by atoms with van der Waals surface area (Å²) >= 11 is 5.99. The molecule has 13 heavy (non-hydrogen) atoms. The summed E-state index contributed by atoms with van der Waals surface area (Å²) < 4.78 is 0. The highest BCUT2D eigenvalue weighted by Crippen LogP contribution is 2.14. The Bertz CT molecular complexity index is 277. The van der Waals surface area contributed by atoms with E-state index in [0.29, 0.717) is 0 Å². The molecule has 1 atom stereocenters. The van der Waals surface area contributed by atoms with Crippen molar-refractivity contribution in [2.24, 2.45) is 5.73 Å². The molecule has 1 aromatic rings. The Hall–Kier alpha value is -0.790. The largest absolute Gasteiger partial charge is 0.328 e. The van der Waals surface area contributed by atoms with Crippen LogP contribution in [0.3, 0.4) is 0 Å². The zero-order chi connectivity index (χ0) is 9.68. The standard InChI is InChI=1S/C11H14ClN/c1-9(13)7-11(12)8-10-5-3-2-4-6-10/h2-6,8-9H,7,13H2,1H3/b11-8+. The van der Waals surface area contributed by atoms with E-state index in [1.54, 1.807) is 0 Å². The van der Waals surface area contributed by atoms with Crippen LogP contribution < -0.4 is 5.73 Å². The molecule has 0 fully saturated rings. The zero-order valence-electron chi connectivity index (χ0n) is 7.70. The van der Waals surface area contributed by atoms with Crippen molar-refractivity contribution in [2.75, 3.05) is 0 Å². The van der Waals surface area contributed by atoms with Gasteiger partial charge in [-0.15, -0.1) is 0 Å². The first kappa shape index (κ1) is 10.3. The fraction of sp³-hybridized carbons (Fsp3) is 0.273. The highest BCUT2D eigenvalue weighted by Gasteiger charge is 1.97. The van der Waals surface area contributed by atoms with Crippen LogP contribution >= 0.6 is 11.6 Å². The van der Waals surface area contributed by atoms with Gasteiger partial charge in [0.1, 0.15) is 0 Å². The summed E-state index contributed by atoms with van der Waals surface area (Å²) in [5.41, 5.74) is 6.74. The summed E-state index contributed by atoms with van der Waals surface area (Å²) in [6, 6.07) is 10.1. The molecule has 0 bridgehead atoms. The van der Waals surface area contributed by atoms with Crippen LogP contribution in [0.25, 0.3) is 6.08 Å². The Morgan fingerprint density at radius 3 is 2.62 bits per heavy atom. The summed E-state index contributed by atoms with van der Waals surface area (Å²) in [6.45, 7) is 1.95. The third-order valence-electron chi connectivity index (χ3n) is 1.64. The SMILES string of the molecule is CC(N)C/C(Cl)=C\c1ccccc1.